The average Bonchev–Trinajstić information content (AvgIpc) is 2.61. The van der Waals surface area contributed by atoms with Gasteiger partial charge in [0, 0.05) is 25.3 Å². The normalized spacial score (nSPS) is 12.4. The molecule has 2 amide bonds. The van der Waals surface area contributed by atoms with Crippen molar-refractivity contribution in [1.82, 2.24) is 0 Å². The molecule has 7 heteroatoms. The number of carbonyl (C=O) groups is 2. The summed E-state index contributed by atoms with van der Waals surface area (Å²) in [5.74, 6) is 0.845. The number of fused-ring (bicyclic) bond motifs is 1. The molecule has 2 aromatic carbocycles. The minimum atomic E-state index is -0.176. The van der Waals surface area contributed by atoms with Crippen LogP contribution in [0.5, 0.6) is 11.5 Å². The first kappa shape index (κ1) is 18.1. The number of rotatable bonds is 4. The lowest BCUT2D eigenvalue weighted by Crippen LogP contribution is -2.22. The molecule has 1 aliphatic rings. The lowest BCUT2D eigenvalue weighted by Gasteiger charge is -2.20. The summed E-state index contributed by atoms with van der Waals surface area (Å²) >= 11 is 6.19. The van der Waals surface area contributed by atoms with Crippen LogP contribution in [-0.2, 0) is 16.0 Å². The van der Waals surface area contributed by atoms with Gasteiger partial charge in [-0.3, -0.25) is 9.59 Å². The maximum absolute atomic E-state index is 12.3. The molecular formula is C19H19ClN2O4. The zero-order valence-corrected chi connectivity index (χ0v) is 15.3. The maximum atomic E-state index is 12.3. The Labute approximate surface area is 156 Å². The van der Waals surface area contributed by atoms with Gasteiger partial charge in [-0.1, -0.05) is 11.6 Å². The number of benzene rings is 2. The molecule has 0 aromatic heterocycles. The number of nitrogens with one attached hydrogen (secondary N) is 1. The van der Waals surface area contributed by atoms with E-state index in [0.29, 0.717) is 35.4 Å². The van der Waals surface area contributed by atoms with E-state index in [1.54, 1.807) is 43.4 Å². The molecule has 0 unspecified atom stereocenters. The number of halogens is 1. The van der Waals surface area contributed by atoms with Gasteiger partial charge >= 0.3 is 0 Å². The molecule has 0 spiro atoms. The van der Waals surface area contributed by atoms with Crippen molar-refractivity contribution in [2.45, 2.75) is 13.3 Å². The van der Waals surface area contributed by atoms with Gasteiger partial charge in [0.1, 0.15) is 13.2 Å². The van der Waals surface area contributed by atoms with Gasteiger partial charge in [0.2, 0.25) is 11.8 Å². The van der Waals surface area contributed by atoms with Gasteiger partial charge in [-0.2, -0.15) is 0 Å². The third-order valence-electron chi connectivity index (χ3n) is 4.03. The molecule has 0 fully saturated rings. The summed E-state index contributed by atoms with van der Waals surface area (Å²) < 4.78 is 11.0. The van der Waals surface area contributed by atoms with E-state index in [9.17, 15) is 9.59 Å². The predicted octanol–water partition coefficient (Wildman–Crippen LogP) is 3.28. The molecule has 1 aliphatic heterocycles. The van der Waals surface area contributed by atoms with Gasteiger partial charge in [-0.25, -0.2) is 0 Å². The summed E-state index contributed by atoms with van der Waals surface area (Å²) in [6.07, 6.45) is 0.158. The summed E-state index contributed by atoms with van der Waals surface area (Å²) in [6.45, 7) is 2.41. The SMILES string of the molecule is CC(=O)N(C)c1ccc(NC(=O)Cc2cc(Cl)c3c(c2)OCCO3)cc1. The number of carbonyl (C=O) groups excluding carboxylic acids is 2. The van der Waals surface area contributed by atoms with Crippen molar-refractivity contribution >= 4 is 34.8 Å². The predicted molar refractivity (Wildman–Crippen MR) is 100 cm³/mol. The molecule has 0 radical (unpaired) electrons. The fraction of sp³-hybridized carbons (Fsp3) is 0.263. The number of anilines is 2. The summed E-state index contributed by atoms with van der Waals surface area (Å²) in [4.78, 5) is 25.2. The summed E-state index contributed by atoms with van der Waals surface area (Å²) in [7, 11) is 1.70. The van der Waals surface area contributed by atoms with Crippen LogP contribution in [0.25, 0.3) is 0 Å². The highest BCUT2D eigenvalue weighted by Gasteiger charge is 2.17. The molecule has 1 heterocycles. The Morgan fingerprint density at radius 3 is 2.54 bits per heavy atom. The first-order valence-corrected chi connectivity index (χ1v) is 8.54. The molecule has 1 N–H and O–H groups in total. The van der Waals surface area contributed by atoms with E-state index in [0.717, 1.165) is 11.3 Å². The van der Waals surface area contributed by atoms with E-state index in [2.05, 4.69) is 5.32 Å². The third kappa shape index (κ3) is 4.08. The second kappa shape index (κ2) is 7.66. The highest BCUT2D eigenvalue weighted by atomic mass is 35.5. The largest absolute Gasteiger partial charge is 0.486 e. The zero-order chi connectivity index (χ0) is 18.7. The van der Waals surface area contributed by atoms with Crippen LogP contribution in [0.4, 0.5) is 11.4 Å². The Morgan fingerprint density at radius 2 is 1.85 bits per heavy atom. The second-order valence-electron chi connectivity index (χ2n) is 5.95. The van der Waals surface area contributed by atoms with Crippen molar-refractivity contribution in [3.05, 3.63) is 47.0 Å². The van der Waals surface area contributed by atoms with Crippen LogP contribution in [0.2, 0.25) is 5.02 Å². The standard InChI is InChI=1S/C19H19ClN2O4/c1-12(23)22(2)15-5-3-14(4-6-15)21-18(24)11-13-9-16(20)19-17(10-13)25-7-8-26-19/h3-6,9-10H,7-8,11H2,1-2H3,(H,21,24). The molecule has 26 heavy (non-hydrogen) atoms. The molecule has 2 aromatic rings. The van der Waals surface area contributed by atoms with Gasteiger partial charge in [0.15, 0.2) is 11.5 Å². The third-order valence-corrected chi connectivity index (χ3v) is 4.31. The van der Waals surface area contributed by atoms with Crippen molar-refractivity contribution in [1.29, 1.82) is 0 Å². The first-order valence-electron chi connectivity index (χ1n) is 8.16. The maximum Gasteiger partial charge on any atom is 0.228 e. The minimum Gasteiger partial charge on any atom is -0.486 e. The number of hydrogen-bond donors (Lipinski definition) is 1. The Kier molecular flexibility index (Phi) is 5.32. The number of hydrogen-bond acceptors (Lipinski definition) is 4. The van der Waals surface area contributed by atoms with Crippen LogP contribution >= 0.6 is 11.6 Å². The van der Waals surface area contributed by atoms with E-state index in [1.165, 1.54) is 11.8 Å². The molecule has 136 valence electrons. The van der Waals surface area contributed by atoms with E-state index in [1.807, 2.05) is 0 Å². The van der Waals surface area contributed by atoms with Crippen molar-refractivity contribution in [2.24, 2.45) is 0 Å². The van der Waals surface area contributed by atoms with Crippen molar-refractivity contribution in [2.75, 3.05) is 30.5 Å². The highest BCUT2D eigenvalue weighted by molar-refractivity contribution is 6.32. The first-order chi connectivity index (χ1) is 12.4. The summed E-state index contributed by atoms with van der Waals surface area (Å²) in [5.41, 5.74) is 2.15. The van der Waals surface area contributed by atoms with Crippen LogP contribution in [0, 0.1) is 0 Å². The molecule has 3 rings (SSSR count). The van der Waals surface area contributed by atoms with Gasteiger partial charge in [-0.05, 0) is 42.0 Å². The van der Waals surface area contributed by atoms with Crippen LogP contribution in [-0.4, -0.2) is 32.1 Å². The van der Waals surface area contributed by atoms with Crippen molar-refractivity contribution in [3.63, 3.8) is 0 Å². The van der Waals surface area contributed by atoms with Crippen LogP contribution in [0.3, 0.4) is 0 Å². The molecule has 6 nitrogen and oxygen atoms in total. The van der Waals surface area contributed by atoms with Gasteiger partial charge in [0.25, 0.3) is 0 Å². The monoisotopic (exact) mass is 374 g/mol. The quantitative estimate of drug-likeness (QED) is 0.891. The van der Waals surface area contributed by atoms with Gasteiger partial charge < -0.3 is 19.7 Å². The van der Waals surface area contributed by atoms with Crippen LogP contribution < -0.4 is 19.7 Å². The topological polar surface area (TPSA) is 67.9 Å². The summed E-state index contributed by atoms with van der Waals surface area (Å²) in [6, 6.07) is 10.5. The molecule has 0 bridgehead atoms. The van der Waals surface area contributed by atoms with E-state index in [4.69, 9.17) is 21.1 Å². The Balaban J connectivity index is 1.66. The number of nitrogens with zero attached hydrogens (tertiary/aromatic N) is 1. The lowest BCUT2D eigenvalue weighted by atomic mass is 10.1. The minimum absolute atomic E-state index is 0.0581. The zero-order valence-electron chi connectivity index (χ0n) is 14.5. The van der Waals surface area contributed by atoms with E-state index < -0.39 is 0 Å². The Bertz CT molecular complexity index is 836. The van der Waals surface area contributed by atoms with Crippen LogP contribution in [0.15, 0.2) is 36.4 Å². The van der Waals surface area contributed by atoms with E-state index >= 15 is 0 Å². The molecule has 0 aliphatic carbocycles. The van der Waals surface area contributed by atoms with Gasteiger partial charge in [0.05, 0.1) is 11.4 Å². The fourth-order valence-electron chi connectivity index (χ4n) is 2.61. The Morgan fingerprint density at radius 1 is 1.15 bits per heavy atom. The smallest absolute Gasteiger partial charge is 0.228 e. The molecule has 0 saturated carbocycles. The fourth-order valence-corrected chi connectivity index (χ4v) is 2.89. The Hall–Kier alpha value is -2.73. The van der Waals surface area contributed by atoms with Crippen molar-refractivity contribution < 1.29 is 19.1 Å². The molecular weight excluding hydrogens is 356 g/mol. The summed E-state index contributed by atoms with van der Waals surface area (Å²) in [5, 5.41) is 3.26. The second-order valence-corrected chi connectivity index (χ2v) is 6.36. The van der Waals surface area contributed by atoms with Gasteiger partial charge in [-0.15, -0.1) is 0 Å². The van der Waals surface area contributed by atoms with Crippen LogP contribution in [0.1, 0.15) is 12.5 Å². The average molecular weight is 375 g/mol. The van der Waals surface area contributed by atoms with Crippen molar-refractivity contribution in [3.8, 4) is 11.5 Å². The van der Waals surface area contributed by atoms with E-state index in [-0.39, 0.29) is 18.2 Å². The molecule has 0 saturated heterocycles. The number of amides is 2. The highest BCUT2D eigenvalue weighted by Crippen LogP contribution is 2.38. The number of ether oxygens (including phenoxy) is 2. The molecule has 0 atom stereocenters. The lowest BCUT2D eigenvalue weighted by molar-refractivity contribution is -0.116.